The summed E-state index contributed by atoms with van der Waals surface area (Å²) in [6, 6.07) is 3.22. The van der Waals surface area contributed by atoms with Crippen LogP contribution in [0.2, 0.25) is 0 Å². The van der Waals surface area contributed by atoms with Crippen LogP contribution in [-0.2, 0) is 33.7 Å². The average molecular weight is 572 g/mol. The number of imidazole rings is 1. The molecule has 0 spiro atoms. The maximum atomic E-state index is 14.5. The average Bonchev–Trinajstić information content (AvgIpc) is 3.31. The molecule has 0 aliphatic heterocycles. The number of likely N-dealkylation sites (N-methyl/N-ethyl adjacent to an activating group) is 1. The molecule has 0 saturated heterocycles. The van der Waals surface area contributed by atoms with E-state index in [9.17, 15) is 28.0 Å². The van der Waals surface area contributed by atoms with Crippen LogP contribution in [-0.4, -0.2) is 64.5 Å². The summed E-state index contributed by atoms with van der Waals surface area (Å²) in [5.74, 6) is -2.14. The topological polar surface area (TPSA) is 126 Å². The molecule has 2 N–H and O–H groups in total. The van der Waals surface area contributed by atoms with Gasteiger partial charge in [-0.1, -0.05) is 26.0 Å². The second kappa shape index (κ2) is 13.8. The zero-order valence-corrected chi connectivity index (χ0v) is 23.8. The van der Waals surface area contributed by atoms with Gasteiger partial charge in [0.1, 0.15) is 5.82 Å². The van der Waals surface area contributed by atoms with Crippen molar-refractivity contribution in [2.75, 3.05) is 21.2 Å². The van der Waals surface area contributed by atoms with Gasteiger partial charge < -0.3 is 24.5 Å². The monoisotopic (exact) mass is 571 g/mol. The van der Waals surface area contributed by atoms with Crippen LogP contribution < -0.4 is 10.9 Å². The van der Waals surface area contributed by atoms with E-state index < -0.39 is 35.1 Å². The summed E-state index contributed by atoms with van der Waals surface area (Å²) in [4.78, 5) is 58.7. The Bertz CT molecular complexity index is 1510. The maximum Gasteiger partial charge on any atom is 0.407 e. The smallest absolute Gasteiger partial charge is 0.407 e. The number of allylic oxidation sites excluding steroid dienone is 1. The Labute approximate surface area is 236 Å². The Hall–Kier alpha value is -4.35. The van der Waals surface area contributed by atoms with Gasteiger partial charge in [-0.2, -0.15) is 0 Å². The first kappa shape index (κ1) is 31.2. The number of carbonyl (C=O) groups excluding carboxylic acids is 3. The SMILES string of the molecule is COC(=O)N[C@@H](CC/C=C/C(=O)N(C)C)C(=O)Cc1cccn(Cc2nc3c(CC(C)C)c(F)c(F)cc3[nH]2)c1=O. The minimum absolute atomic E-state index is 0.0194. The molecule has 12 heteroatoms. The second-order valence-electron chi connectivity index (χ2n) is 10.3. The van der Waals surface area contributed by atoms with E-state index in [1.165, 1.54) is 34.9 Å². The molecule has 41 heavy (non-hydrogen) atoms. The molecule has 0 aliphatic carbocycles. The molecule has 220 valence electrons. The standard InChI is InChI=1S/C29H35F2N5O5/c1-17(2)13-19-26(31)20(30)15-22-27(19)34-24(32-22)16-36-12-8-9-18(28(36)39)14-23(37)21(33-29(40)41-5)10-6-7-11-25(38)35(3)4/h7-9,11-12,15,17,21H,6,10,13-14,16H2,1-5H3,(H,32,34)(H,33,40)/b11-7+/t21-/m0/s1. The number of carbonyl (C=O) groups is 3. The van der Waals surface area contributed by atoms with E-state index in [0.717, 1.165) is 6.07 Å². The highest BCUT2D eigenvalue weighted by molar-refractivity contribution is 5.89. The number of halogens is 2. The number of H-pyrrole nitrogens is 1. The number of alkyl carbamates (subject to hydrolysis) is 1. The molecule has 2 aromatic heterocycles. The Balaban J connectivity index is 1.80. The summed E-state index contributed by atoms with van der Waals surface area (Å²) in [6.45, 7) is 3.77. The number of nitrogens with zero attached hydrogens (tertiary/aromatic N) is 3. The van der Waals surface area contributed by atoms with Crippen LogP contribution >= 0.6 is 0 Å². The van der Waals surface area contributed by atoms with Crippen LogP contribution in [0.25, 0.3) is 11.0 Å². The van der Waals surface area contributed by atoms with E-state index >= 15 is 0 Å². The van der Waals surface area contributed by atoms with E-state index in [0.29, 0.717) is 29.7 Å². The number of hydrogen-bond donors (Lipinski definition) is 2. The molecule has 2 amide bonds. The summed E-state index contributed by atoms with van der Waals surface area (Å²) in [5.41, 5.74) is 0.557. The van der Waals surface area contributed by atoms with Crippen molar-refractivity contribution >= 4 is 28.8 Å². The van der Waals surface area contributed by atoms with Crippen molar-refractivity contribution in [3.05, 3.63) is 75.5 Å². The van der Waals surface area contributed by atoms with Gasteiger partial charge in [0.2, 0.25) is 5.91 Å². The molecule has 10 nitrogen and oxygen atoms in total. The van der Waals surface area contributed by atoms with Gasteiger partial charge >= 0.3 is 6.09 Å². The number of nitrogens with one attached hydrogen (secondary N) is 2. The van der Waals surface area contributed by atoms with Crippen LogP contribution in [0.15, 0.2) is 41.3 Å². The lowest BCUT2D eigenvalue weighted by atomic mass is 10.0. The molecule has 1 atom stereocenters. The molecule has 0 fully saturated rings. The van der Waals surface area contributed by atoms with Crippen LogP contribution in [0.3, 0.4) is 0 Å². The molecule has 3 rings (SSSR count). The Morgan fingerprint density at radius 2 is 1.98 bits per heavy atom. The summed E-state index contributed by atoms with van der Waals surface area (Å²) < 4.78 is 34.7. The molecule has 0 unspecified atom stereocenters. The summed E-state index contributed by atoms with van der Waals surface area (Å²) >= 11 is 0. The minimum Gasteiger partial charge on any atom is -0.453 e. The fraction of sp³-hybridized carbons (Fsp3) is 0.414. The van der Waals surface area contributed by atoms with Gasteiger partial charge in [0.15, 0.2) is 17.4 Å². The predicted octanol–water partition coefficient (Wildman–Crippen LogP) is 3.51. The van der Waals surface area contributed by atoms with Crippen molar-refractivity contribution in [2.24, 2.45) is 5.92 Å². The Kier molecular flexibility index (Phi) is 10.5. The lowest BCUT2D eigenvalue weighted by Crippen LogP contribution is -2.42. The van der Waals surface area contributed by atoms with Gasteiger partial charge in [-0.3, -0.25) is 14.4 Å². The van der Waals surface area contributed by atoms with Crippen molar-refractivity contribution < 1.29 is 27.9 Å². The first-order valence-electron chi connectivity index (χ1n) is 13.2. The predicted molar refractivity (Wildman–Crippen MR) is 149 cm³/mol. The number of ether oxygens (including phenoxy) is 1. The van der Waals surface area contributed by atoms with Gasteiger partial charge in [-0.05, 0) is 37.3 Å². The number of aromatic amines is 1. The number of methoxy groups -OCH3 is 1. The van der Waals surface area contributed by atoms with Gasteiger partial charge in [0.25, 0.3) is 5.56 Å². The van der Waals surface area contributed by atoms with Gasteiger partial charge in [0, 0.05) is 43.9 Å². The number of aromatic nitrogens is 3. The van der Waals surface area contributed by atoms with Gasteiger partial charge in [-0.25, -0.2) is 18.6 Å². The lowest BCUT2D eigenvalue weighted by molar-refractivity contribution is -0.123. The number of amides is 2. The molecule has 0 bridgehead atoms. The van der Waals surface area contributed by atoms with Crippen molar-refractivity contribution in [3.63, 3.8) is 0 Å². The van der Waals surface area contributed by atoms with Crippen LogP contribution in [0.1, 0.15) is 43.6 Å². The van der Waals surface area contributed by atoms with Crippen molar-refractivity contribution in [1.82, 2.24) is 24.8 Å². The van der Waals surface area contributed by atoms with Crippen molar-refractivity contribution in [1.29, 1.82) is 0 Å². The van der Waals surface area contributed by atoms with Crippen LogP contribution in [0.4, 0.5) is 13.6 Å². The number of hydrogen-bond acceptors (Lipinski definition) is 6. The van der Waals surface area contributed by atoms with E-state index in [-0.39, 0.29) is 42.3 Å². The third-order valence-corrected chi connectivity index (χ3v) is 6.40. The zero-order chi connectivity index (χ0) is 30.3. The number of ketones is 1. The molecule has 0 aliphatic rings. The third kappa shape index (κ3) is 8.09. The lowest BCUT2D eigenvalue weighted by Gasteiger charge is -2.16. The highest BCUT2D eigenvalue weighted by atomic mass is 19.2. The maximum absolute atomic E-state index is 14.5. The normalized spacial score (nSPS) is 12.2. The summed E-state index contributed by atoms with van der Waals surface area (Å²) in [5, 5.41) is 2.49. The molecule has 2 heterocycles. The zero-order valence-electron chi connectivity index (χ0n) is 23.8. The molecule has 1 aromatic carbocycles. The van der Waals surface area contributed by atoms with E-state index in [4.69, 9.17) is 0 Å². The van der Waals surface area contributed by atoms with Crippen molar-refractivity contribution in [2.45, 2.75) is 52.1 Å². The van der Waals surface area contributed by atoms with E-state index in [1.54, 1.807) is 26.2 Å². The highest BCUT2D eigenvalue weighted by Crippen LogP contribution is 2.25. The van der Waals surface area contributed by atoms with Gasteiger partial charge in [-0.15, -0.1) is 0 Å². The fourth-order valence-electron chi connectivity index (χ4n) is 4.31. The first-order chi connectivity index (χ1) is 19.4. The fourth-order valence-corrected chi connectivity index (χ4v) is 4.31. The number of rotatable bonds is 12. The van der Waals surface area contributed by atoms with E-state index in [1.807, 2.05) is 13.8 Å². The highest BCUT2D eigenvalue weighted by Gasteiger charge is 2.23. The Morgan fingerprint density at radius 1 is 1.24 bits per heavy atom. The number of Topliss-reactive ketones (excluding diaryl/α,β-unsaturated/α-hetero) is 1. The molecular formula is C29H35F2N5O5. The summed E-state index contributed by atoms with van der Waals surface area (Å²) in [6.07, 6.45) is 4.26. The number of fused-ring (bicyclic) bond motifs is 1. The quantitative estimate of drug-likeness (QED) is 0.321. The molecule has 0 saturated carbocycles. The second-order valence-corrected chi connectivity index (χ2v) is 10.3. The summed E-state index contributed by atoms with van der Waals surface area (Å²) in [7, 11) is 4.40. The first-order valence-corrected chi connectivity index (χ1v) is 13.2. The van der Waals surface area contributed by atoms with E-state index in [2.05, 4.69) is 20.0 Å². The molecule has 0 radical (unpaired) electrons. The van der Waals surface area contributed by atoms with Crippen LogP contribution in [0, 0.1) is 17.6 Å². The molecule has 3 aromatic rings. The van der Waals surface area contributed by atoms with Gasteiger partial charge in [0.05, 0.1) is 30.7 Å². The van der Waals surface area contributed by atoms with Crippen LogP contribution in [0.5, 0.6) is 0 Å². The number of benzene rings is 1. The third-order valence-electron chi connectivity index (χ3n) is 6.40. The Morgan fingerprint density at radius 3 is 2.63 bits per heavy atom. The number of pyridine rings is 1. The largest absolute Gasteiger partial charge is 0.453 e. The van der Waals surface area contributed by atoms with Crippen molar-refractivity contribution in [3.8, 4) is 0 Å². The molecular weight excluding hydrogens is 536 g/mol. The minimum atomic E-state index is -0.976.